The highest BCUT2D eigenvalue weighted by Crippen LogP contribution is 2.02. The monoisotopic (exact) mass is 333 g/mol. The molecule has 138 valence electrons. The molecule has 0 spiro atoms. The van der Waals surface area contributed by atoms with Crippen LogP contribution in [-0.4, -0.2) is 60.6 Å². The Morgan fingerprint density at radius 2 is 1.65 bits per heavy atom. The number of hydrogen-bond donors (Lipinski definition) is 5. The number of nitrogens with one attached hydrogen (secondary N) is 3. The van der Waals surface area contributed by atoms with Gasteiger partial charge in [0.2, 0.25) is 6.41 Å². The van der Waals surface area contributed by atoms with Gasteiger partial charge in [0.05, 0.1) is 24.9 Å². The molecule has 0 bridgehead atoms. The van der Waals surface area contributed by atoms with E-state index in [1.807, 2.05) is 0 Å². The summed E-state index contributed by atoms with van der Waals surface area (Å²) in [5.41, 5.74) is 2.11. The number of aliphatic hydroxyl groups excluding tert-OH is 2. The van der Waals surface area contributed by atoms with Crippen molar-refractivity contribution in [2.75, 3.05) is 19.7 Å². The first-order valence-corrected chi connectivity index (χ1v) is 8.66. The van der Waals surface area contributed by atoms with E-state index < -0.39 is 12.2 Å². The fraction of sp³-hybridized carbons (Fsp3) is 0.938. The summed E-state index contributed by atoms with van der Waals surface area (Å²) in [6.45, 7) is 7.12. The van der Waals surface area contributed by atoms with Crippen LogP contribution in [0.5, 0.6) is 0 Å². The van der Waals surface area contributed by atoms with Gasteiger partial charge in [-0.3, -0.25) is 9.63 Å². The average Bonchev–Trinajstić information content (AvgIpc) is 2.50. The molecular formula is C16H35N3O4. The molecule has 7 nitrogen and oxygen atoms in total. The van der Waals surface area contributed by atoms with Crippen molar-refractivity contribution < 1.29 is 19.8 Å². The number of amides is 1. The predicted molar refractivity (Wildman–Crippen MR) is 90.9 cm³/mol. The Balaban J connectivity index is 4.05. The fourth-order valence-corrected chi connectivity index (χ4v) is 2.25. The topological polar surface area (TPSA) is 103 Å². The number of carbonyl (C=O) groups excluding carboxylic acids is 1. The molecule has 7 heteroatoms. The van der Waals surface area contributed by atoms with Gasteiger partial charge in [-0.05, 0) is 26.8 Å². The molecule has 0 aromatic heterocycles. The molecule has 0 aliphatic rings. The van der Waals surface area contributed by atoms with Crippen molar-refractivity contribution in [3.8, 4) is 0 Å². The van der Waals surface area contributed by atoms with Gasteiger partial charge in [0.15, 0.2) is 0 Å². The molecule has 0 radical (unpaired) electrons. The second kappa shape index (κ2) is 14.8. The summed E-state index contributed by atoms with van der Waals surface area (Å²) in [7, 11) is 0. The van der Waals surface area contributed by atoms with Crippen LogP contribution in [0.2, 0.25) is 0 Å². The summed E-state index contributed by atoms with van der Waals surface area (Å²) >= 11 is 0. The van der Waals surface area contributed by atoms with E-state index in [1.165, 1.54) is 25.7 Å². The number of hydrogen-bond acceptors (Lipinski definition) is 6. The van der Waals surface area contributed by atoms with Crippen LogP contribution in [0.4, 0.5) is 0 Å². The first-order valence-electron chi connectivity index (χ1n) is 8.66. The summed E-state index contributed by atoms with van der Waals surface area (Å²) < 4.78 is 0. The molecule has 5 N–H and O–H groups in total. The molecule has 0 saturated heterocycles. The van der Waals surface area contributed by atoms with Crippen molar-refractivity contribution >= 4 is 6.41 Å². The zero-order chi connectivity index (χ0) is 17.5. The van der Waals surface area contributed by atoms with Crippen molar-refractivity contribution in [2.24, 2.45) is 0 Å². The van der Waals surface area contributed by atoms with E-state index in [0.29, 0.717) is 13.0 Å². The van der Waals surface area contributed by atoms with Gasteiger partial charge in [-0.2, -0.15) is 0 Å². The van der Waals surface area contributed by atoms with Gasteiger partial charge in [0, 0.05) is 12.6 Å². The average molecular weight is 333 g/mol. The first kappa shape index (κ1) is 22.3. The molecule has 0 heterocycles. The minimum absolute atomic E-state index is 0.0959. The summed E-state index contributed by atoms with van der Waals surface area (Å²) in [6, 6.07) is -0.420. The Labute approximate surface area is 140 Å². The van der Waals surface area contributed by atoms with E-state index in [1.54, 1.807) is 13.8 Å². The van der Waals surface area contributed by atoms with Crippen molar-refractivity contribution in [1.29, 1.82) is 0 Å². The molecule has 0 saturated carbocycles. The van der Waals surface area contributed by atoms with Crippen LogP contribution in [0.25, 0.3) is 0 Å². The lowest BCUT2D eigenvalue weighted by atomic mass is 10.1. The highest BCUT2D eigenvalue weighted by atomic mass is 16.6. The number of unbranched alkanes of at least 4 members (excludes halogenated alkanes) is 4. The second-order valence-electron chi connectivity index (χ2n) is 6.02. The standard InChI is InChI=1S/C16H35N3O4/c1-4-5-6-7-8-9-17-15(13(2)21)10-18-16(14(3)22)11-23-19-12-20/h12-18,21-22H,4-11H2,1-3H3,(H,19,20). The number of hydroxylamine groups is 1. The highest BCUT2D eigenvalue weighted by molar-refractivity contribution is 5.43. The molecule has 0 aliphatic carbocycles. The van der Waals surface area contributed by atoms with E-state index in [9.17, 15) is 15.0 Å². The van der Waals surface area contributed by atoms with Crippen molar-refractivity contribution in [3.05, 3.63) is 0 Å². The molecular weight excluding hydrogens is 298 g/mol. The van der Waals surface area contributed by atoms with Crippen molar-refractivity contribution in [2.45, 2.75) is 77.2 Å². The summed E-state index contributed by atoms with van der Waals surface area (Å²) in [6.07, 6.45) is 5.35. The first-order chi connectivity index (χ1) is 11.0. The number of rotatable bonds is 16. The summed E-state index contributed by atoms with van der Waals surface area (Å²) in [5.74, 6) is 0. The summed E-state index contributed by atoms with van der Waals surface area (Å²) in [5, 5.41) is 26.1. The maximum atomic E-state index is 10.2. The van der Waals surface area contributed by atoms with Gasteiger partial charge in [-0.15, -0.1) is 0 Å². The van der Waals surface area contributed by atoms with Crippen molar-refractivity contribution in [3.63, 3.8) is 0 Å². The Hall–Kier alpha value is -0.730. The quantitative estimate of drug-likeness (QED) is 0.158. The van der Waals surface area contributed by atoms with Crippen LogP contribution in [0.1, 0.15) is 52.9 Å². The van der Waals surface area contributed by atoms with E-state index in [4.69, 9.17) is 4.84 Å². The minimum atomic E-state index is -0.632. The molecule has 0 aromatic carbocycles. The largest absolute Gasteiger partial charge is 0.392 e. The maximum absolute atomic E-state index is 10.2. The smallest absolute Gasteiger partial charge is 0.230 e. The van der Waals surface area contributed by atoms with Crippen LogP contribution in [-0.2, 0) is 9.63 Å². The van der Waals surface area contributed by atoms with E-state index in [2.05, 4.69) is 23.0 Å². The molecule has 1 amide bonds. The normalized spacial score (nSPS) is 16.6. The van der Waals surface area contributed by atoms with Crippen LogP contribution in [0.15, 0.2) is 0 Å². The molecule has 0 rings (SSSR count). The third kappa shape index (κ3) is 12.4. The van der Waals surface area contributed by atoms with E-state index in [0.717, 1.165) is 13.0 Å². The highest BCUT2D eigenvalue weighted by Gasteiger charge is 2.19. The van der Waals surface area contributed by atoms with Crippen LogP contribution in [0.3, 0.4) is 0 Å². The third-order valence-electron chi connectivity index (χ3n) is 3.85. The zero-order valence-corrected chi connectivity index (χ0v) is 14.8. The van der Waals surface area contributed by atoms with E-state index in [-0.39, 0.29) is 18.7 Å². The number of carbonyl (C=O) groups is 1. The van der Waals surface area contributed by atoms with Gasteiger partial charge in [0.25, 0.3) is 0 Å². The SMILES string of the molecule is CCCCCCCNC(CNC(CONC=O)C(C)O)C(C)O. The molecule has 0 fully saturated rings. The fourth-order valence-electron chi connectivity index (χ4n) is 2.25. The van der Waals surface area contributed by atoms with Gasteiger partial charge in [0.1, 0.15) is 0 Å². The Bertz CT molecular complexity index is 278. The van der Waals surface area contributed by atoms with Crippen LogP contribution >= 0.6 is 0 Å². The summed E-state index contributed by atoms with van der Waals surface area (Å²) in [4.78, 5) is 15.1. The minimum Gasteiger partial charge on any atom is -0.392 e. The van der Waals surface area contributed by atoms with Crippen LogP contribution < -0.4 is 16.1 Å². The molecule has 0 aromatic rings. The van der Waals surface area contributed by atoms with Gasteiger partial charge < -0.3 is 20.8 Å². The second-order valence-corrected chi connectivity index (χ2v) is 6.02. The number of aliphatic hydroxyl groups is 2. The molecule has 0 aliphatic heterocycles. The van der Waals surface area contributed by atoms with Gasteiger partial charge >= 0.3 is 0 Å². The molecule has 23 heavy (non-hydrogen) atoms. The van der Waals surface area contributed by atoms with E-state index >= 15 is 0 Å². The predicted octanol–water partition coefficient (Wildman–Crippen LogP) is 0.312. The zero-order valence-electron chi connectivity index (χ0n) is 14.8. The van der Waals surface area contributed by atoms with Crippen molar-refractivity contribution in [1.82, 2.24) is 16.1 Å². The lowest BCUT2D eigenvalue weighted by Crippen LogP contribution is -2.52. The van der Waals surface area contributed by atoms with Gasteiger partial charge in [-0.1, -0.05) is 32.6 Å². The Morgan fingerprint density at radius 1 is 1.00 bits per heavy atom. The van der Waals surface area contributed by atoms with Crippen LogP contribution in [0, 0.1) is 0 Å². The molecule has 4 atom stereocenters. The third-order valence-corrected chi connectivity index (χ3v) is 3.85. The Morgan fingerprint density at radius 3 is 2.22 bits per heavy atom. The van der Waals surface area contributed by atoms with Gasteiger partial charge in [-0.25, -0.2) is 5.48 Å². The lowest BCUT2D eigenvalue weighted by molar-refractivity contribution is -0.122. The maximum Gasteiger partial charge on any atom is 0.230 e. The molecule has 4 unspecified atom stereocenters. The Kier molecular flexibility index (Phi) is 14.4. The lowest BCUT2D eigenvalue weighted by Gasteiger charge is -2.27.